The molecule has 0 saturated heterocycles. The summed E-state index contributed by atoms with van der Waals surface area (Å²) in [6.07, 6.45) is 8.26. The Kier molecular flexibility index (Phi) is 6.03. The highest BCUT2D eigenvalue weighted by molar-refractivity contribution is 5.75. The smallest absolute Gasteiger partial charge is 0.240 e. The maximum Gasteiger partial charge on any atom is 0.240 e. The quantitative estimate of drug-likeness (QED) is 0.427. The van der Waals surface area contributed by atoms with Crippen molar-refractivity contribution in [1.82, 2.24) is 34.5 Å². The van der Waals surface area contributed by atoms with E-state index in [0.29, 0.717) is 60.2 Å². The van der Waals surface area contributed by atoms with Crippen LogP contribution >= 0.6 is 0 Å². The fraction of sp³-hybridized carbons (Fsp3) is 0.385. The van der Waals surface area contributed by atoms with E-state index in [9.17, 15) is 5.26 Å². The lowest BCUT2D eigenvalue weighted by Crippen LogP contribution is -2.17. The van der Waals surface area contributed by atoms with E-state index in [1.165, 1.54) is 0 Å². The van der Waals surface area contributed by atoms with Crippen LogP contribution in [0.1, 0.15) is 32.7 Å². The number of aromatic nitrogens is 7. The monoisotopic (exact) mass is 513 g/mol. The Morgan fingerprint density at radius 1 is 1.21 bits per heavy atom. The van der Waals surface area contributed by atoms with E-state index in [1.54, 1.807) is 29.3 Å². The molecule has 0 radical (unpaired) electrons. The van der Waals surface area contributed by atoms with Gasteiger partial charge in [0.15, 0.2) is 5.82 Å². The summed E-state index contributed by atoms with van der Waals surface area (Å²) in [4.78, 5) is 13.7. The molecule has 4 aromatic rings. The van der Waals surface area contributed by atoms with Gasteiger partial charge in [-0.25, -0.2) is 19.6 Å². The molecule has 2 unspecified atom stereocenters. The summed E-state index contributed by atoms with van der Waals surface area (Å²) in [6, 6.07) is 5.98. The molecule has 1 fully saturated rings. The van der Waals surface area contributed by atoms with Crippen molar-refractivity contribution in [3.8, 4) is 46.1 Å². The summed E-state index contributed by atoms with van der Waals surface area (Å²) >= 11 is 0. The fourth-order valence-corrected chi connectivity index (χ4v) is 4.43. The minimum absolute atomic E-state index is 0.0334. The molecule has 12 heteroatoms. The highest BCUT2D eigenvalue weighted by Crippen LogP contribution is 2.45. The SMILES string of the molecule is CCOc1nn(C2CC2C#N)cc1-c1cnc2cc1O[C@@H](C)CCOc1c(cnn1C)-c1nccc(n1)N2. The molecule has 38 heavy (non-hydrogen) atoms. The Balaban J connectivity index is 1.40. The maximum absolute atomic E-state index is 9.30. The molecular formula is C26H27N9O3. The highest BCUT2D eigenvalue weighted by atomic mass is 16.5. The molecule has 2 aliphatic rings. The molecule has 1 N–H and O–H groups in total. The molecule has 12 nitrogen and oxygen atoms in total. The van der Waals surface area contributed by atoms with Crippen molar-refractivity contribution in [2.45, 2.75) is 38.8 Å². The number of nitrogens with one attached hydrogen (secondary N) is 1. The zero-order chi connectivity index (χ0) is 26.2. The van der Waals surface area contributed by atoms with Crippen molar-refractivity contribution >= 4 is 11.6 Å². The van der Waals surface area contributed by atoms with E-state index in [4.69, 9.17) is 14.2 Å². The van der Waals surface area contributed by atoms with Crippen LogP contribution in [0.25, 0.3) is 22.5 Å². The van der Waals surface area contributed by atoms with Crippen LogP contribution in [0.2, 0.25) is 0 Å². The predicted molar refractivity (Wildman–Crippen MR) is 137 cm³/mol. The highest BCUT2D eigenvalue weighted by Gasteiger charge is 2.40. The van der Waals surface area contributed by atoms with Crippen molar-refractivity contribution in [2.24, 2.45) is 13.0 Å². The zero-order valence-electron chi connectivity index (χ0n) is 21.3. The molecule has 4 aromatic heterocycles. The number of fused-ring (bicyclic) bond motifs is 6. The second-order valence-electron chi connectivity index (χ2n) is 9.31. The number of nitrogens with zero attached hydrogens (tertiary/aromatic N) is 8. The molecule has 1 saturated carbocycles. The van der Waals surface area contributed by atoms with E-state index in [2.05, 4.69) is 36.5 Å². The first-order valence-electron chi connectivity index (χ1n) is 12.6. The van der Waals surface area contributed by atoms with Gasteiger partial charge in [0.1, 0.15) is 22.9 Å². The molecule has 6 rings (SSSR count). The number of anilines is 2. The van der Waals surface area contributed by atoms with Crippen molar-refractivity contribution in [2.75, 3.05) is 18.5 Å². The number of ether oxygens (including phenoxy) is 3. The van der Waals surface area contributed by atoms with Crippen LogP contribution in [-0.2, 0) is 7.05 Å². The summed E-state index contributed by atoms with van der Waals surface area (Å²) in [6.45, 7) is 4.78. The van der Waals surface area contributed by atoms with Gasteiger partial charge in [-0.1, -0.05) is 0 Å². The van der Waals surface area contributed by atoms with Gasteiger partial charge < -0.3 is 19.5 Å². The Bertz CT molecular complexity index is 1520. The van der Waals surface area contributed by atoms with Crippen LogP contribution < -0.4 is 19.5 Å². The average Bonchev–Trinajstić information content (AvgIpc) is 3.45. The largest absolute Gasteiger partial charge is 0.490 e. The average molecular weight is 514 g/mol. The second-order valence-corrected chi connectivity index (χ2v) is 9.31. The number of aryl methyl sites for hydroxylation is 1. The lowest BCUT2D eigenvalue weighted by Gasteiger charge is -2.19. The van der Waals surface area contributed by atoms with E-state index in [-0.39, 0.29) is 18.1 Å². The van der Waals surface area contributed by atoms with Crippen molar-refractivity contribution in [3.05, 3.63) is 36.9 Å². The summed E-state index contributed by atoms with van der Waals surface area (Å²) < 4.78 is 21.9. The summed E-state index contributed by atoms with van der Waals surface area (Å²) in [7, 11) is 1.82. The lowest BCUT2D eigenvalue weighted by atomic mass is 10.1. The number of rotatable bonds is 4. The molecule has 1 aliphatic carbocycles. The van der Waals surface area contributed by atoms with E-state index < -0.39 is 0 Å². The molecule has 0 aromatic carbocycles. The zero-order valence-corrected chi connectivity index (χ0v) is 21.3. The summed E-state index contributed by atoms with van der Waals surface area (Å²) in [5, 5.41) is 21.5. The maximum atomic E-state index is 9.30. The van der Waals surface area contributed by atoms with Crippen LogP contribution in [0.5, 0.6) is 17.5 Å². The minimum Gasteiger partial charge on any atom is -0.490 e. The van der Waals surface area contributed by atoms with Crippen LogP contribution in [0.15, 0.2) is 36.9 Å². The summed E-state index contributed by atoms with van der Waals surface area (Å²) in [5.74, 6) is 3.30. The van der Waals surface area contributed by atoms with Gasteiger partial charge in [0.2, 0.25) is 11.8 Å². The Hall–Kier alpha value is -4.66. The Labute approximate surface area is 219 Å². The van der Waals surface area contributed by atoms with E-state index in [1.807, 2.05) is 37.8 Å². The van der Waals surface area contributed by atoms with Gasteiger partial charge in [-0.15, -0.1) is 5.10 Å². The minimum atomic E-state index is -0.172. The van der Waals surface area contributed by atoms with Gasteiger partial charge in [-0.3, -0.25) is 4.68 Å². The predicted octanol–water partition coefficient (Wildman–Crippen LogP) is 3.91. The topological polar surface area (TPSA) is 138 Å². The van der Waals surface area contributed by atoms with Crippen LogP contribution in [0.3, 0.4) is 0 Å². The third-order valence-electron chi connectivity index (χ3n) is 6.53. The fourth-order valence-electron chi connectivity index (χ4n) is 4.43. The van der Waals surface area contributed by atoms with Gasteiger partial charge in [-0.05, 0) is 26.3 Å². The van der Waals surface area contributed by atoms with Gasteiger partial charge in [-0.2, -0.15) is 10.4 Å². The van der Waals surface area contributed by atoms with Crippen LogP contribution in [0.4, 0.5) is 11.6 Å². The molecular weight excluding hydrogens is 486 g/mol. The lowest BCUT2D eigenvalue weighted by molar-refractivity contribution is 0.173. The van der Waals surface area contributed by atoms with Gasteiger partial charge in [0, 0.05) is 43.7 Å². The molecule has 194 valence electrons. The third kappa shape index (κ3) is 4.47. The molecule has 1 aliphatic heterocycles. The number of nitriles is 1. The number of hydrogen-bond donors (Lipinski definition) is 1. The Morgan fingerprint density at radius 2 is 2.11 bits per heavy atom. The first kappa shape index (κ1) is 23.7. The normalized spacial score (nSPS) is 20.1. The van der Waals surface area contributed by atoms with Crippen molar-refractivity contribution < 1.29 is 14.2 Å². The Morgan fingerprint density at radius 3 is 2.92 bits per heavy atom. The van der Waals surface area contributed by atoms with Gasteiger partial charge in [0.05, 0.1) is 49.1 Å². The molecule has 5 heterocycles. The third-order valence-corrected chi connectivity index (χ3v) is 6.53. The van der Waals surface area contributed by atoms with Crippen molar-refractivity contribution in [3.63, 3.8) is 0 Å². The van der Waals surface area contributed by atoms with Crippen LogP contribution in [0, 0.1) is 17.2 Å². The number of pyridine rings is 1. The van der Waals surface area contributed by atoms with Gasteiger partial charge >= 0.3 is 0 Å². The first-order chi connectivity index (χ1) is 18.5. The van der Waals surface area contributed by atoms with Crippen molar-refractivity contribution in [1.29, 1.82) is 5.26 Å². The molecule has 3 atom stereocenters. The van der Waals surface area contributed by atoms with Gasteiger partial charge in [0.25, 0.3) is 0 Å². The second kappa shape index (κ2) is 9.66. The summed E-state index contributed by atoms with van der Waals surface area (Å²) in [5.41, 5.74) is 2.22. The first-order valence-corrected chi connectivity index (χ1v) is 12.6. The van der Waals surface area contributed by atoms with E-state index >= 15 is 0 Å². The molecule has 0 amide bonds. The molecule has 0 spiro atoms. The van der Waals surface area contributed by atoms with E-state index in [0.717, 1.165) is 17.5 Å². The molecule has 4 bridgehead atoms. The number of hydrogen-bond acceptors (Lipinski definition) is 10. The standard InChI is InChI=1S/C26H27N9O3/c1-4-36-25-19(14-35(33-25)20-9-16(20)11-27)17-12-29-23-10-21(17)38-15(2)6-8-37-26-18(13-30-34(26)3)24-28-7-5-22(31-23)32-24/h5,7,10,12-16,20H,4,6,8-9H2,1-3H3,(H,28,29,31,32)/t15-,16?,20?/m0/s1. The van der Waals surface area contributed by atoms with Crippen LogP contribution in [-0.4, -0.2) is 53.8 Å².